The topological polar surface area (TPSA) is 48.1 Å². The number of piperidine rings is 1. The van der Waals surface area contributed by atoms with Crippen molar-refractivity contribution in [2.75, 3.05) is 0 Å². The molecule has 2 aromatic carbocycles. The van der Waals surface area contributed by atoms with Gasteiger partial charge in [0.05, 0.1) is 0 Å². The lowest BCUT2D eigenvalue weighted by Gasteiger charge is -2.55. The van der Waals surface area contributed by atoms with Crippen LogP contribution in [0.2, 0.25) is 0 Å². The van der Waals surface area contributed by atoms with Gasteiger partial charge in [0.1, 0.15) is 5.66 Å². The lowest BCUT2D eigenvalue weighted by Crippen LogP contribution is -2.68. The van der Waals surface area contributed by atoms with E-state index >= 15 is 0 Å². The van der Waals surface area contributed by atoms with Gasteiger partial charge >= 0.3 is 0 Å². The molecule has 0 saturated carbocycles. The number of hydrogen-bond donors (Lipinski definition) is 4. The summed E-state index contributed by atoms with van der Waals surface area (Å²) in [6, 6.07) is 18.1. The van der Waals surface area contributed by atoms with Crippen LogP contribution in [-0.2, 0) is 0 Å². The first-order valence-corrected chi connectivity index (χ1v) is 9.96. The molecule has 2 fully saturated rings. The maximum absolute atomic E-state index is 5.41. The number of benzene rings is 2. The van der Waals surface area contributed by atoms with Crippen LogP contribution in [0.25, 0.3) is 0 Å². The van der Waals surface area contributed by atoms with Gasteiger partial charge in [-0.15, -0.1) is 0 Å². The fourth-order valence-electron chi connectivity index (χ4n) is 4.41. The summed E-state index contributed by atoms with van der Waals surface area (Å²) in [5, 5.41) is 8.14. The van der Waals surface area contributed by atoms with Crippen molar-refractivity contribution >= 4 is 17.3 Å². The summed E-state index contributed by atoms with van der Waals surface area (Å²) in [5.74, 6) is 0. The molecule has 2 aromatic rings. The smallest absolute Gasteiger partial charge is 0.182 e. The molecular formula is C22H28N4S. The summed E-state index contributed by atoms with van der Waals surface area (Å²) in [7, 11) is 0. The quantitative estimate of drug-likeness (QED) is 0.598. The molecule has 4 rings (SSSR count). The molecule has 3 atom stereocenters. The summed E-state index contributed by atoms with van der Waals surface area (Å²) >= 11 is 5.41. The number of aryl methyl sites for hydroxylation is 2. The molecule has 0 aliphatic carbocycles. The first-order valence-electron chi connectivity index (χ1n) is 9.55. The molecule has 2 aliphatic heterocycles. The Morgan fingerprint density at radius 3 is 1.96 bits per heavy atom. The zero-order chi connectivity index (χ0) is 19.2. The summed E-state index contributed by atoms with van der Waals surface area (Å²) in [6.45, 7) is 8.85. The summed E-state index contributed by atoms with van der Waals surface area (Å²) in [6.07, 6.45) is 0.887. The largest absolute Gasteiger partial charge is 0.342 e. The monoisotopic (exact) mass is 380 g/mol. The third kappa shape index (κ3) is 3.14. The van der Waals surface area contributed by atoms with Crippen molar-refractivity contribution in [2.24, 2.45) is 5.41 Å². The minimum absolute atomic E-state index is 0.128. The minimum atomic E-state index is -0.333. The van der Waals surface area contributed by atoms with E-state index in [-0.39, 0.29) is 23.2 Å². The van der Waals surface area contributed by atoms with Crippen molar-refractivity contribution in [3.05, 3.63) is 70.8 Å². The van der Waals surface area contributed by atoms with Gasteiger partial charge in [-0.25, -0.2) is 5.43 Å². The second kappa shape index (κ2) is 6.59. The van der Waals surface area contributed by atoms with Crippen LogP contribution in [0.15, 0.2) is 48.5 Å². The molecule has 4 nitrogen and oxygen atoms in total. The highest BCUT2D eigenvalue weighted by Gasteiger charge is 2.57. The number of hydrogen-bond acceptors (Lipinski definition) is 3. The van der Waals surface area contributed by atoms with Crippen molar-refractivity contribution < 1.29 is 0 Å². The van der Waals surface area contributed by atoms with Gasteiger partial charge in [-0.05, 0) is 37.2 Å². The molecule has 3 unspecified atom stereocenters. The maximum Gasteiger partial charge on any atom is 0.182 e. The Kier molecular flexibility index (Phi) is 4.49. The van der Waals surface area contributed by atoms with E-state index in [4.69, 9.17) is 12.2 Å². The predicted molar refractivity (Wildman–Crippen MR) is 114 cm³/mol. The van der Waals surface area contributed by atoms with Gasteiger partial charge in [-0.1, -0.05) is 73.5 Å². The van der Waals surface area contributed by atoms with Crippen molar-refractivity contribution in [1.82, 2.24) is 21.5 Å². The minimum Gasteiger partial charge on any atom is -0.342 e. The number of nitrogens with one attached hydrogen (secondary N) is 4. The molecule has 0 aromatic heterocycles. The van der Waals surface area contributed by atoms with Crippen LogP contribution >= 0.6 is 12.2 Å². The molecule has 27 heavy (non-hydrogen) atoms. The van der Waals surface area contributed by atoms with Crippen molar-refractivity contribution in [3.63, 3.8) is 0 Å². The average Bonchev–Trinajstić information content (AvgIpc) is 3.01. The van der Waals surface area contributed by atoms with Crippen molar-refractivity contribution in [3.8, 4) is 0 Å². The van der Waals surface area contributed by atoms with Crippen LogP contribution in [-0.4, -0.2) is 10.8 Å². The zero-order valence-electron chi connectivity index (χ0n) is 16.4. The molecule has 2 heterocycles. The van der Waals surface area contributed by atoms with Crippen LogP contribution in [0.4, 0.5) is 0 Å². The second-order valence-electron chi connectivity index (χ2n) is 8.51. The second-order valence-corrected chi connectivity index (χ2v) is 8.92. The van der Waals surface area contributed by atoms with Gasteiger partial charge in [0.2, 0.25) is 0 Å². The number of hydrazine groups is 1. The molecule has 5 heteroatoms. The fraction of sp³-hybridized carbons (Fsp3) is 0.409. The van der Waals surface area contributed by atoms with E-state index in [0.717, 1.165) is 6.42 Å². The molecule has 0 amide bonds. The highest BCUT2D eigenvalue weighted by Crippen LogP contribution is 2.50. The fourth-order valence-corrected chi connectivity index (χ4v) is 4.64. The normalized spacial score (nSPS) is 29.4. The van der Waals surface area contributed by atoms with E-state index in [1.807, 2.05) is 0 Å². The van der Waals surface area contributed by atoms with Gasteiger partial charge in [-0.2, -0.15) is 0 Å². The molecule has 4 N–H and O–H groups in total. The van der Waals surface area contributed by atoms with Gasteiger partial charge in [0.25, 0.3) is 0 Å². The van der Waals surface area contributed by atoms with E-state index in [1.54, 1.807) is 0 Å². The summed E-state index contributed by atoms with van der Waals surface area (Å²) in [5.41, 5.74) is 11.3. The molecular weight excluding hydrogens is 352 g/mol. The Bertz CT molecular complexity index is 844. The van der Waals surface area contributed by atoms with Crippen molar-refractivity contribution in [1.29, 1.82) is 0 Å². The van der Waals surface area contributed by atoms with E-state index in [0.29, 0.717) is 5.11 Å². The van der Waals surface area contributed by atoms with E-state index < -0.39 is 0 Å². The Morgan fingerprint density at radius 1 is 0.889 bits per heavy atom. The van der Waals surface area contributed by atoms with Crippen LogP contribution in [0, 0.1) is 19.3 Å². The van der Waals surface area contributed by atoms with Crippen molar-refractivity contribution in [2.45, 2.75) is 51.9 Å². The molecule has 0 bridgehead atoms. The van der Waals surface area contributed by atoms with Crippen LogP contribution < -0.4 is 21.5 Å². The Labute approximate surface area is 167 Å². The third-order valence-corrected chi connectivity index (χ3v) is 6.51. The molecule has 2 aliphatic rings. The van der Waals surface area contributed by atoms with Gasteiger partial charge in [0.15, 0.2) is 5.11 Å². The van der Waals surface area contributed by atoms with E-state index in [2.05, 4.69) is 97.7 Å². The van der Waals surface area contributed by atoms with Crippen LogP contribution in [0.1, 0.15) is 54.6 Å². The van der Waals surface area contributed by atoms with Gasteiger partial charge in [-0.3, -0.25) is 5.43 Å². The van der Waals surface area contributed by atoms with Gasteiger partial charge in [0, 0.05) is 23.9 Å². The first-order chi connectivity index (χ1) is 12.8. The molecule has 2 saturated heterocycles. The lowest BCUT2D eigenvalue weighted by molar-refractivity contribution is 0.00515. The average molecular weight is 381 g/mol. The number of rotatable bonds is 2. The zero-order valence-corrected chi connectivity index (χ0v) is 17.2. The van der Waals surface area contributed by atoms with Crippen LogP contribution in [0.3, 0.4) is 0 Å². The third-order valence-electron chi connectivity index (χ3n) is 6.31. The SMILES string of the molecule is Cc1ccc(C2CC3(NNC(=S)N3)C(C)(C)C(c3ccc(C)cc3)N2)cc1. The molecule has 1 spiro atoms. The Hall–Kier alpha value is -1.95. The lowest BCUT2D eigenvalue weighted by atomic mass is 9.64. The van der Waals surface area contributed by atoms with Crippen LogP contribution in [0.5, 0.6) is 0 Å². The molecule has 0 radical (unpaired) electrons. The standard InChI is InChI=1S/C22H28N4S/c1-14-5-9-16(10-6-14)18-13-22(24-20(27)25-26-22)21(3,4)19(23-18)17-11-7-15(2)8-12-17/h5-12,18-19,23,26H,13H2,1-4H3,(H2,24,25,27). The Morgan fingerprint density at radius 2 is 1.44 bits per heavy atom. The highest BCUT2D eigenvalue weighted by atomic mass is 32.1. The summed E-state index contributed by atoms with van der Waals surface area (Å²) in [4.78, 5) is 0. The molecule has 142 valence electrons. The summed E-state index contributed by atoms with van der Waals surface area (Å²) < 4.78 is 0. The number of thiocarbonyl (C=S) groups is 1. The van der Waals surface area contributed by atoms with Gasteiger partial charge < -0.3 is 10.6 Å². The van der Waals surface area contributed by atoms with E-state index in [9.17, 15) is 0 Å². The first kappa shape index (κ1) is 18.4. The Balaban J connectivity index is 1.77. The predicted octanol–water partition coefficient (Wildman–Crippen LogP) is 3.78. The highest BCUT2D eigenvalue weighted by molar-refractivity contribution is 7.80. The van der Waals surface area contributed by atoms with E-state index in [1.165, 1.54) is 22.3 Å². The maximum atomic E-state index is 5.41.